The van der Waals surface area contributed by atoms with Crippen LogP contribution in [0.5, 0.6) is 5.75 Å². The van der Waals surface area contributed by atoms with E-state index < -0.39 is 10.7 Å². The molecule has 0 amide bonds. The molecule has 0 saturated carbocycles. The highest BCUT2D eigenvalue weighted by Crippen LogP contribution is 2.22. The molecule has 23 heavy (non-hydrogen) atoms. The van der Waals surface area contributed by atoms with Gasteiger partial charge in [-0.15, -0.1) is 10.2 Å². The van der Waals surface area contributed by atoms with Crippen LogP contribution in [-0.2, 0) is 6.61 Å². The van der Waals surface area contributed by atoms with E-state index in [1.807, 2.05) is 0 Å². The first kappa shape index (κ1) is 14.6. The molecule has 0 saturated heterocycles. The maximum atomic E-state index is 13.4. The van der Waals surface area contributed by atoms with Crippen LogP contribution >= 0.6 is 0 Å². The molecule has 0 unspecified atom stereocenters. The third-order valence-electron chi connectivity index (χ3n) is 2.98. The molecule has 0 atom stereocenters. The van der Waals surface area contributed by atoms with Crippen molar-refractivity contribution in [3.8, 4) is 17.2 Å². The quantitative estimate of drug-likeness (QED) is 0.529. The number of nitrogens with zero attached hydrogens (tertiary/aromatic N) is 3. The highest BCUT2D eigenvalue weighted by atomic mass is 19.1. The number of aromatic nitrogens is 2. The number of halogens is 1. The van der Waals surface area contributed by atoms with Crippen LogP contribution in [0.25, 0.3) is 11.5 Å². The Hall–Kier alpha value is -3.29. The van der Waals surface area contributed by atoms with Crippen molar-refractivity contribution >= 4 is 5.69 Å². The predicted molar refractivity (Wildman–Crippen MR) is 77.1 cm³/mol. The Labute approximate surface area is 129 Å². The van der Waals surface area contributed by atoms with Gasteiger partial charge in [0.25, 0.3) is 11.6 Å². The molecular weight excluding hydrogens is 305 g/mol. The molecule has 0 radical (unpaired) electrons. The molecule has 3 rings (SSSR count). The Kier molecular flexibility index (Phi) is 3.96. The Balaban J connectivity index is 1.70. The van der Waals surface area contributed by atoms with Gasteiger partial charge in [-0.2, -0.15) is 0 Å². The second kappa shape index (κ2) is 6.22. The van der Waals surface area contributed by atoms with Crippen LogP contribution < -0.4 is 4.74 Å². The average Bonchev–Trinajstić information content (AvgIpc) is 3.03. The van der Waals surface area contributed by atoms with Crippen LogP contribution in [0.3, 0.4) is 0 Å². The van der Waals surface area contributed by atoms with Gasteiger partial charge in [0.1, 0.15) is 0 Å². The molecule has 3 aromatic rings. The fourth-order valence-electron chi connectivity index (χ4n) is 1.86. The minimum atomic E-state index is -0.495. The Bertz CT molecular complexity index is 833. The Morgan fingerprint density at radius 2 is 1.87 bits per heavy atom. The topological polar surface area (TPSA) is 91.3 Å². The van der Waals surface area contributed by atoms with Gasteiger partial charge in [0.05, 0.1) is 4.92 Å². The number of benzene rings is 2. The lowest BCUT2D eigenvalue weighted by molar-refractivity contribution is -0.384. The Morgan fingerprint density at radius 3 is 2.57 bits per heavy atom. The minimum absolute atomic E-state index is 0.0311. The largest absolute Gasteiger partial charge is 0.481 e. The molecule has 0 fully saturated rings. The highest BCUT2D eigenvalue weighted by Gasteiger charge is 2.12. The van der Waals surface area contributed by atoms with Crippen molar-refractivity contribution < 1.29 is 18.5 Å². The van der Waals surface area contributed by atoms with Gasteiger partial charge in [0.2, 0.25) is 5.89 Å². The number of hydrogen-bond donors (Lipinski definition) is 0. The summed E-state index contributed by atoms with van der Waals surface area (Å²) in [5, 5.41) is 18.2. The van der Waals surface area contributed by atoms with E-state index in [9.17, 15) is 14.5 Å². The molecule has 0 N–H and O–H groups in total. The smallest absolute Gasteiger partial charge is 0.269 e. The summed E-state index contributed by atoms with van der Waals surface area (Å²) in [5.41, 5.74) is 0.511. The molecule has 8 heteroatoms. The Morgan fingerprint density at radius 1 is 1.13 bits per heavy atom. The molecule has 116 valence electrons. The highest BCUT2D eigenvalue weighted by molar-refractivity contribution is 5.55. The van der Waals surface area contributed by atoms with Crippen LogP contribution in [0, 0.1) is 15.9 Å². The number of ether oxygens (including phenoxy) is 1. The standard InChI is InChI=1S/C15H10FN3O4/c16-12-3-1-2-4-13(12)22-9-14-17-18-15(23-14)10-5-7-11(8-6-10)19(20)21/h1-8H,9H2. The van der Waals surface area contributed by atoms with Crippen LogP contribution in [0.15, 0.2) is 52.9 Å². The lowest BCUT2D eigenvalue weighted by Crippen LogP contribution is -1.97. The van der Waals surface area contributed by atoms with E-state index in [2.05, 4.69) is 10.2 Å². The lowest BCUT2D eigenvalue weighted by Gasteiger charge is -2.03. The second-order valence-electron chi connectivity index (χ2n) is 4.52. The fraction of sp³-hybridized carbons (Fsp3) is 0.0667. The van der Waals surface area contributed by atoms with E-state index in [-0.39, 0.29) is 29.8 Å². The zero-order chi connectivity index (χ0) is 16.2. The first-order valence-electron chi connectivity index (χ1n) is 6.58. The van der Waals surface area contributed by atoms with Gasteiger partial charge in [-0.05, 0) is 24.3 Å². The average molecular weight is 315 g/mol. The lowest BCUT2D eigenvalue weighted by atomic mass is 10.2. The van der Waals surface area contributed by atoms with E-state index in [4.69, 9.17) is 9.15 Å². The van der Waals surface area contributed by atoms with E-state index in [1.165, 1.54) is 36.4 Å². The zero-order valence-corrected chi connectivity index (χ0v) is 11.7. The van der Waals surface area contributed by atoms with E-state index >= 15 is 0 Å². The zero-order valence-electron chi connectivity index (χ0n) is 11.7. The number of para-hydroxylation sites is 1. The van der Waals surface area contributed by atoms with Crippen molar-refractivity contribution in [2.24, 2.45) is 0 Å². The predicted octanol–water partition coefficient (Wildman–Crippen LogP) is 3.36. The molecule has 0 aliphatic heterocycles. The molecule has 7 nitrogen and oxygen atoms in total. The van der Waals surface area contributed by atoms with E-state index in [1.54, 1.807) is 12.1 Å². The number of nitro benzene ring substituents is 1. The van der Waals surface area contributed by atoms with Crippen molar-refractivity contribution in [3.05, 3.63) is 70.4 Å². The van der Waals surface area contributed by atoms with Gasteiger partial charge in [-0.3, -0.25) is 10.1 Å². The molecule has 0 bridgehead atoms. The summed E-state index contributed by atoms with van der Waals surface area (Å²) in [4.78, 5) is 10.1. The monoisotopic (exact) mass is 315 g/mol. The summed E-state index contributed by atoms with van der Waals surface area (Å²) in [6.07, 6.45) is 0. The maximum Gasteiger partial charge on any atom is 0.269 e. The fourth-order valence-corrected chi connectivity index (χ4v) is 1.86. The minimum Gasteiger partial charge on any atom is -0.481 e. The maximum absolute atomic E-state index is 13.4. The SMILES string of the molecule is O=[N+]([O-])c1ccc(-c2nnc(COc3ccccc3F)o2)cc1. The summed E-state index contributed by atoms with van der Waals surface area (Å²) in [6.45, 7) is -0.0824. The van der Waals surface area contributed by atoms with Gasteiger partial charge in [-0.1, -0.05) is 12.1 Å². The van der Waals surface area contributed by atoms with Crippen molar-refractivity contribution in [2.75, 3.05) is 0 Å². The van der Waals surface area contributed by atoms with Crippen LogP contribution in [0.2, 0.25) is 0 Å². The molecule has 0 aliphatic rings. The molecule has 2 aromatic carbocycles. The van der Waals surface area contributed by atoms with Gasteiger partial charge in [0, 0.05) is 17.7 Å². The normalized spacial score (nSPS) is 10.5. The summed E-state index contributed by atoms with van der Waals surface area (Å²) in [7, 11) is 0. The van der Waals surface area contributed by atoms with Gasteiger partial charge in [0.15, 0.2) is 18.2 Å². The van der Waals surface area contributed by atoms with Crippen molar-refractivity contribution in [2.45, 2.75) is 6.61 Å². The van der Waals surface area contributed by atoms with E-state index in [0.29, 0.717) is 5.56 Å². The van der Waals surface area contributed by atoms with Crippen molar-refractivity contribution in [1.82, 2.24) is 10.2 Å². The summed E-state index contributed by atoms with van der Waals surface area (Å²) >= 11 is 0. The summed E-state index contributed by atoms with van der Waals surface area (Å²) in [5.74, 6) is -0.0289. The number of rotatable bonds is 5. The van der Waals surface area contributed by atoms with Crippen molar-refractivity contribution in [1.29, 1.82) is 0 Å². The third-order valence-corrected chi connectivity index (χ3v) is 2.98. The molecule has 0 spiro atoms. The number of hydrogen-bond acceptors (Lipinski definition) is 6. The molecule has 0 aliphatic carbocycles. The van der Waals surface area contributed by atoms with Crippen LogP contribution in [0.1, 0.15) is 5.89 Å². The number of non-ortho nitro benzene ring substituents is 1. The second-order valence-corrected chi connectivity index (χ2v) is 4.52. The van der Waals surface area contributed by atoms with E-state index in [0.717, 1.165) is 0 Å². The third kappa shape index (κ3) is 3.31. The summed E-state index contributed by atoms with van der Waals surface area (Å²) < 4.78 is 24.1. The first-order chi connectivity index (χ1) is 11.1. The number of nitro groups is 1. The van der Waals surface area contributed by atoms with Gasteiger partial charge in [-0.25, -0.2) is 4.39 Å². The first-order valence-corrected chi connectivity index (χ1v) is 6.58. The van der Waals surface area contributed by atoms with Crippen molar-refractivity contribution in [3.63, 3.8) is 0 Å². The molecular formula is C15H10FN3O4. The van der Waals surface area contributed by atoms with Crippen LogP contribution in [0.4, 0.5) is 10.1 Å². The van der Waals surface area contributed by atoms with Gasteiger partial charge >= 0.3 is 0 Å². The summed E-state index contributed by atoms with van der Waals surface area (Å²) in [6, 6.07) is 11.7. The van der Waals surface area contributed by atoms with Crippen LogP contribution in [-0.4, -0.2) is 15.1 Å². The van der Waals surface area contributed by atoms with Gasteiger partial charge < -0.3 is 9.15 Å². The molecule has 1 heterocycles. The molecule has 1 aromatic heterocycles.